The summed E-state index contributed by atoms with van der Waals surface area (Å²) in [5, 5.41) is 10.9. The van der Waals surface area contributed by atoms with E-state index in [2.05, 4.69) is 6.58 Å². The van der Waals surface area contributed by atoms with Crippen molar-refractivity contribution >= 4 is 12.7 Å². The first-order chi connectivity index (χ1) is 5.75. The largest absolute Gasteiger partial charge is 0.507 e. The predicted octanol–water partition coefficient (Wildman–Crippen LogP) is 1.16. The SMILES string of the molecule is C=c1c(O)ccc/c1=C/C=C\C. The molecule has 0 aliphatic heterocycles. The van der Waals surface area contributed by atoms with Crippen LogP contribution in [0.25, 0.3) is 12.7 Å². The fourth-order valence-corrected chi connectivity index (χ4v) is 0.948. The lowest BCUT2D eigenvalue weighted by Crippen LogP contribution is -2.21. The maximum atomic E-state index is 9.29. The molecule has 0 atom stereocenters. The molecule has 1 aromatic rings. The molecule has 1 rings (SSSR count). The van der Waals surface area contributed by atoms with Gasteiger partial charge < -0.3 is 5.11 Å². The van der Waals surface area contributed by atoms with Gasteiger partial charge in [0.15, 0.2) is 0 Å². The van der Waals surface area contributed by atoms with Gasteiger partial charge in [-0.15, -0.1) is 0 Å². The third-order valence-corrected chi connectivity index (χ3v) is 1.66. The maximum Gasteiger partial charge on any atom is 0.122 e. The van der Waals surface area contributed by atoms with Crippen molar-refractivity contribution in [1.82, 2.24) is 0 Å². The molecule has 0 bridgehead atoms. The highest BCUT2D eigenvalue weighted by molar-refractivity contribution is 5.40. The number of benzene rings is 1. The molecule has 1 N–H and O–H groups in total. The first-order valence-corrected chi connectivity index (χ1v) is 3.85. The minimum atomic E-state index is 0.244. The van der Waals surface area contributed by atoms with E-state index in [-0.39, 0.29) is 5.75 Å². The van der Waals surface area contributed by atoms with Crippen LogP contribution in [0, 0.1) is 0 Å². The Labute approximate surface area is 72.0 Å². The Kier molecular flexibility index (Phi) is 2.70. The fourth-order valence-electron chi connectivity index (χ4n) is 0.948. The molecule has 0 unspecified atom stereocenters. The lowest BCUT2D eigenvalue weighted by Gasteiger charge is -1.91. The van der Waals surface area contributed by atoms with Gasteiger partial charge in [-0.1, -0.05) is 36.9 Å². The van der Waals surface area contributed by atoms with Crippen molar-refractivity contribution in [1.29, 1.82) is 0 Å². The molecule has 0 fully saturated rings. The predicted molar refractivity (Wildman–Crippen MR) is 52.2 cm³/mol. The molecule has 62 valence electrons. The van der Waals surface area contributed by atoms with E-state index in [1.54, 1.807) is 12.1 Å². The molecule has 0 radical (unpaired) electrons. The summed E-state index contributed by atoms with van der Waals surface area (Å²) in [4.78, 5) is 0. The molecule has 12 heavy (non-hydrogen) atoms. The summed E-state index contributed by atoms with van der Waals surface area (Å²) in [6.07, 6.45) is 5.77. The molecule has 0 aliphatic carbocycles. The van der Waals surface area contributed by atoms with E-state index in [0.717, 1.165) is 5.22 Å². The summed E-state index contributed by atoms with van der Waals surface area (Å²) in [5.74, 6) is 0.244. The molecule has 1 heteroatoms. The van der Waals surface area contributed by atoms with E-state index in [4.69, 9.17) is 0 Å². The van der Waals surface area contributed by atoms with Gasteiger partial charge in [0.2, 0.25) is 0 Å². The summed E-state index contributed by atoms with van der Waals surface area (Å²) in [6, 6.07) is 5.36. The van der Waals surface area contributed by atoms with Crippen LogP contribution in [0.1, 0.15) is 6.92 Å². The van der Waals surface area contributed by atoms with Gasteiger partial charge in [0.25, 0.3) is 0 Å². The summed E-state index contributed by atoms with van der Waals surface area (Å²) < 4.78 is 0. The minimum Gasteiger partial charge on any atom is -0.507 e. The molecule has 0 aromatic heterocycles. The van der Waals surface area contributed by atoms with Crippen LogP contribution in [0.15, 0.2) is 30.4 Å². The molecule has 0 aliphatic rings. The molecule has 0 saturated carbocycles. The number of aromatic hydroxyl groups is 1. The van der Waals surface area contributed by atoms with Crippen LogP contribution in [0.5, 0.6) is 5.75 Å². The van der Waals surface area contributed by atoms with Gasteiger partial charge in [0, 0.05) is 5.22 Å². The quantitative estimate of drug-likeness (QED) is 0.653. The van der Waals surface area contributed by atoms with Crippen molar-refractivity contribution < 1.29 is 5.11 Å². The van der Waals surface area contributed by atoms with E-state index < -0.39 is 0 Å². The van der Waals surface area contributed by atoms with Gasteiger partial charge in [-0.3, -0.25) is 0 Å². The van der Waals surface area contributed by atoms with Crippen molar-refractivity contribution in [3.05, 3.63) is 40.8 Å². The Morgan fingerprint density at radius 3 is 2.83 bits per heavy atom. The second-order valence-electron chi connectivity index (χ2n) is 2.54. The molecule has 0 amide bonds. The van der Waals surface area contributed by atoms with Crippen molar-refractivity contribution in [2.24, 2.45) is 0 Å². The number of phenolic OH excluding ortho intramolecular Hbond substituents is 1. The number of hydrogen-bond acceptors (Lipinski definition) is 1. The van der Waals surface area contributed by atoms with Gasteiger partial charge in [0.1, 0.15) is 5.75 Å². The Morgan fingerprint density at radius 1 is 1.42 bits per heavy atom. The topological polar surface area (TPSA) is 20.2 Å². The van der Waals surface area contributed by atoms with Gasteiger partial charge in [-0.25, -0.2) is 0 Å². The second-order valence-corrected chi connectivity index (χ2v) is 2.54. The van der Waals surface area contributed by atoms with Gasteiger partial charge in [-0.05, 0) is 18.2 Å². The zero-order chi connectivity index (χ0) is 8.97. The highest BCUT2D eigenvalue weighted by atomic mass is 16.3. The van der Waals surface area contributed by atoms with Crippen LogP contribution in [-0.4, -0.2) is 5.11 Å². The third-order valence-electron chi connectivity index (χ3n) is 1.66. The van der Waals surface area contributed by atoms with Crippen LogP contribution < -0.4 is 10.4 Å². The monoisotopic (exact) mass is 160 g/mol. The van der Waals surface area contributed by atoms with Gasteiger partial charge in [0.05, 0.1) is 0 Å². The summed E-state index contributed by atoms with van der Waals surface area (Å²) >= 11 is 0. The Bertz CT molecular complexity index is 388. The Morgan fingerprint density at radius 2 is 2.17 bits per heavy atom. The summed E-state index contributed by atoms with van der Waals surface area (Å²) in [7, 11) is 0. The molecular formula is C11H12O. The minimum absolute atomic E-state index is 0.244. The van der Waals surface area contributed by atoms with Crippen LogP contribution >= 0.6 is 0 Å². The van der Waals surface area contributed by atoms with Gasteiger partial charge >= 0.3 is 0 Å². The lowest BCUT2D eigenvalue weighted by molar-refractivity contribution is 0.470. The second kappa shape index (κ2) is 3.77. The average molecular weight is 160 g/mol. The van der Waals surface area contributed by atoms with Crippen LogP contribution in [0.3, 0.4) is 0 Å². The number of allylic oxidation sites excluding steroid dienone is 2. The van der Waals surface area contributed by atoms with Gasteiger partial charge in [-0.2, -0.15) is 0 Å². The van der Waals surface area contributed by atoms with Crippen molar-refractivity contribution in [3.8, 4) is 5.75 Å². The van der Waals surface area contributed by atoms with Crippen molar-refractivity contribution in [2.45, 2.75) is 6.92 Å². The maximum absolute atomic E-state index is 9.29. The Balaban J connectivity index is 3.36. The first-order valence-electron chi connectivity index (χ1n) is 3.85. The van der Waals surface area contributed by atoms with Crippen LogP contribution in [-0.2, 0) is 0 Å². The van der Waals surface area contributed by atoms with Crippen molar-refractivity contribution in [2.75, 3.05) is 0 Å². The van der Waals surface area contributed by atoms with E-state index in [0.29, 0.717) is 5.22 Å². The van der Waals surface area contributed by atoms with E-state index in [1.165, 1.54) is 0 Å². The van der Waals surface area contributed by atoms with E-state index in [9.17, 15) is 5.11 Å². The number of hydrogen-bond donors (Lipinski definition) is 1. The zero-order valence-electron chi connectivity index (χ0n) is 7.12. The van der Waals surface area contributed by atoms with Crippen molar-refractivity contribution in [3.63, 3.8) is 0 Å². The summed E-state index contributed by atoms with van der Waals surface area (Å²) in [6.45, 7) is 5.70. The molecule has 1 aromatic carbocycles. The smallest absolute Gasteiger partial charge is 0.122 e. The molecule has 1 nitrogen and oxygen atoms in total. The zero-order valence-corrected chi connectivity index (χ0v) is 7.12. The molecule has 0 saturated heterocycles. The number of phenols is 1. The van der Waals surface area contributed by atoms with Crippen LogP contribution in [0.2, 0.25) is 0 Å². The molecular weight excluding hydrogens is 148 g/mol. The Hall–Kier alpha value is -1.50. The highest BCUT2D eigenvalue weighted by Crippen LogP contribution is 1.92. The molecule has 0 heterocycles. The number of rotatable bonds is 1. The normalized spacial score (nSPS) is 12.6. The highest BCUT2D eigenvalue weighted by Gasteiger charge is 1.87. The standard InChI is InChI=1S/C11H12O/c1-3-4-6-10-7-5-8-11(12)9(10)2/h3-8,12H,2H2,1H3/b4-3-,10-6-. The summed E-state index contributed by atoms with van der Waals surface area (Å²) in [5.41, 5.74) is 0. The molecule has 0 spiro atoms. The fraction of sp³-hybridized carbons (Fsp3) is 0.0909. The van der Waals surface area contributed by atoms with E-state index in [1.807, 2.05) is 31.2 Å². The third kappa shape index (κ3) is 1.76. The lowest BCUT2D eigenvalue weighted by atomic mass is 10.2. The first kappa shape index (κ1) is 8.60. The van der Waals surface area contributed by atoms with Crippen LogP contribution in [0.4, 0.5) is 0 Å². The average Bonchev–Trinajstić information content (AvgIpc) is 2.08. The van der Waals surface area contributed by atoms with E-state index >= 15 is 0 Å².